The summed E-state index contributed by atoms with van der Waals surface area (Å²) in [6, 6.07) is 10.4. The number of benzene rings is 1. The van der Waals surface area contributed by atoms with Crippen molar-refractivity contribution < 1.29 is 15.0 Å². The van der Waals surface area contributed by atoms with Crippen molar-refractivity contribution in [2.45, 2.75) is 19.3 Å². The van der Waals surface area contributed by atoms with Crippen molar-refractivity contribution in [3.8, 4) is 0 Å². The quantitative estimate of drug-likeness (QED) is 0.662. The lowest BCUT2D eigenvalue weighted by Gasteiger charge is -1.97. The van der Waals surface area contributed by atoms with Crippen LogP contribution in [0.25, 0.3) is 0 Å². The van der Waals surface area contributed by atoms with E-state index < -0.39 is 6.09 Å². The van der Waals surface area contributed by atoms with Crippen molar-refractivity contribution in [1.82, 2.24) is 0 Å². The maximum Gasteiger partial charge on any atom is 0.402 e. The van der Waals surface area contributed by atoms with Gasteiger partial charge in [-0.2, -0.15) is 0 Å². The largest absolute Gasteiger partial charge is 0.465 e. The van der Waals surface area contributed by atoms with E-state index in [9.17, 15) is 0 Å². The number of aliphatic hydroxyl groups is 1. The molecule has 0 spiro atoms. The molecule has 0 radical (unpaired) electrons. The molecule has 15 heavy (non-hydrogen) atoms. The molecule has 4 heteroatoms. The van der Waals surface area contributed by atoms with E-state index in [1.165, 1.54) is 5.56 Å². The van der Waals surface area contributed by atoms with E-state index in [1.54, 1.807) is 0 Å². The van der Waals surface area contributed by atoms with Gasteiger partial charge >= 0.3 is 6.09 Å². The zero-order chi connectivity index (χ0) is 11.5. The van der Waals surface area contributed by atoms with E-state index in [1.807, 2.05) is 18.2 Å². The van der Waals surface area contributed by atoms with Gasteiger partial charge in [0.1, 0.15) is 0 Å². The second-order valence-corrected chi connectivity index (χ2v) is 3.00. The molecule has 0 saturated carbocycles. The van der Waals surface area contributed by atoms with Gasteiger partial charge in [-0.25, -0.2) is 4.79 Å². The van der Waals surface area contributed by atoms with Crippen molar-refractivity contribution in [3.05, 3.63) is 35.9 Å². The highest BCUT2D eigenvalue weighted by atomic mass is 16.4. The summed E-state index contributed by atoms with van der Waals surface area (Å²) < 4.78 is 0. The fourth-order valence-electron chi connectivity index (χ4n) is 1.09. The molecule has 0 fully saturated rings. The lowest BCUT2D eigenvalue weighted by atomic mass is 10.1. The second-order valence-electron chi connectivity index (χ2n) is 3.00. The molecule has 4 nitrogen and oxygen atoms in total. The Morgan fingerprint density at radius 2 is 1.73 bits per heavy atom. The van der Waals surface area contributed by atoms with Gasteiger partial charge in [0.05, 0.1) is 0 Å². The van der Waals surface area contributed by atoms with E-state index in [0.29, 0.717) is 6.61 Å². The number of rotatable bonds is 4. The van der Waals surface area contributed by atoms with E-state index in [4.69, 9.17) is 15.0 Å². The Morgan fingerprint density at radius 1 is 1.20 bits per heavy atom. The standard InChI is InChI=1S/C10H14O.CH3NO2/c11-9-5-4-8-10-6-2-1-3-7-10;2-1(3)4/h1-3,6-7,11H,4-5,8-9H2;2H2,(H,3,4). The van der Waals surface area contributed by atoms with Crippen LogP contribution in [0, 0.1) is 0 Å². The number of carbonyl (C=O) groups is 1. The van der Waals surface area contributed by atoms with Crippen LogP contribution in [-0.2, 0) is 6.42 Å². The number of nitrogens with two attached hydrogens (primary N) is 1. The Morgan fingerprint density at radius 3 is 2.20 bits per heavy atom. The molecule has 0 aliphatic rings. The maximum absolute atomic E-state index is 8.78. The average molecular weight is 211 g/mol. The van der Waals surface area contributed by atoms with E-state index in [2.05, 4.69) is 17.9 Å². The summed E-state index contributed by atoms with van der Waals surface area (Å²) >= 11 is 0. The van der Waals surface area contributed by atoms with Crippen LogP contribution in [0.3, 0.4) is 0 Å². The van der Waals surface area contributed by atoms with E-state index >= 15 is 0 Å². The van der Waals surface area contributed by atoms with Gasteiger partial charge in [0, 0.05) is 6.61 Å². The Labute approximate surface area is 89.4 Å². The van der Waals surface area contributed by atoms with Crippen LogP contribution < -0.4 is 5.73 Å². The lowest BCUT2D eigenvalue weighted by molar-refractivity contribution is 0.205. The predicted octanol–water partition coefficient (Wildman–Crippen LogP) is 1.62. The Bertz CT molecular complexity index is 258. The lowest BCUT2D eigenvalue weighted by Crippen LogP contribution is -2.03. The van der Waals surface area contributed by atoms with Crippen LogP contribution in [0.1, 0.15) is 18.4 Å². The van der Waals surface area contributed by atoms with Crippen molar-refractivity contribution in [1.29, 1.82) is 0 Å². The molecule has 0 unspecified atom stereocenters. The number of unbranched alkanes of at least 4 members (excludes halogenated alkanes) is 1. The number of hydrogen-bond acceptors (Lipinski definition) is 2. The van der Waals surface area contributed by atoms with Gasteiger partial charge in [0.2, 0.25) is 0 Å². The first kappa shape index (κ1) is 13.4. The molecule has 0 heterocycles. The third kappa shape index (κ3) is 10.4. The summed E-state index contributed by atoms with van der Waals surface area (Å²) in [4.78, 5) is 8.78. The van der Waals surface area contributed by atoms with E-state index in [0.717, 1.165) is 19.3 Å². The van der Waals surface area contributed by atoms with Crippen LogP contribution in [-0.4, -0.2) is 22.9 Å². The number of hydrogen-bond donors (Lipinski definition) is 3. The molecule has 1 aromatic carbocycles. The number of aryl methyl sites for hydroxylation is 1. The van der Waals surface area contributed by atoms with Crippen LogP contribution in [0.5, 0.6) is 0 Å². The number of aliphatic hydroxyl groups excluding tert-OH is 1. The van der Waals surface area contributed by atoms with Crippen molar-refractivity contribution in [2.24, 2.45) is 5.73 Å². The van der Waals surface area contributed by atoms with Gasteiger partial charge in [-0.1, -0.05) is 30.3 Å². The minimum atomic E-state index is -1.33. The first-order valence-corrected chi connectivity index (χ1v) is 4.80. The Hall–Kier alpha value is -1.55. The Kier molecular flexibility index (Phi) is 8.09. The first-order valence-electron chi connectivity index (χ1n) is 4.80. The summed E-state index contributed by atoms with van der Waals surface area (Å²) in [6.07, 6.45) is 1.75. The molecule has 0 atom stereocenters. The number of primary amides is 1. The fraction of sp³-hybridized carbons (Fsp3) is 0.364. The number of carboxylic acid groups (broad SMARTS) is 1. The van der Waals surface area contributed by atoms with Crippen LogP contribution in [0.15, 0.2) is 30.3 Å². The van der Waals surface area contributed by atoms with E-state index in [-0.39, 0.29) is 0 Å². The molecular weight excluding hydrogens is 194 g/mol. The SMILES string of the molecule is NC(=O)O.OCCCCc1ccccc1. The molecular formula is C11H17NO3. The third-order valence-corrected chi connectivity index (χ3v) is 1.72. The van der Waals surface area contributed by atoms with Gasteiger partial charge in [-0.15, -0.1) is 0 Å². The number of amides is 1. The predicted molar refractivity (Wildman–Crippen MR) is 58.7 cm³/mol. The summed E-state index contributed by atoms with van der Waals surface area (Å²) in [6.45, 7) is 0.312. The minimum absolute atomic E-state index is 0.312. The van der Waals surface area contributed by atoms with Crippen LogP contribution in [0.2, 0.25) is 0 Å². The summed E-state index contributed by atoms with van der Waals surface area (Å²) in [7, 11) is 0. The van der Waals surface area contributed by atoms with Crippen molar-refractivity contribution in [2.75, 3.05) is 6.61 Å². The molecule has 84 valence electrons. The summed E-state index contributed by atoms with van der Waals surface area (Å²) in [5, 5.41) is 15.7. The summed E-state index contributed by atoms with van der Waals surface area (Å²) in [5.41, 5.74) is 5.39. The average Bonchev–Trinajstić information content (AvgIpc) is 2.19. The van der Waals surface area contributed by atoms with Crippen LogP contribution in [0.4, 0.5) is 4.79 Å². The van der Waals surface area contributed by atoms with Gasteiger partial charge in [-0.05, 0) is 24.8 Å². The first-order chi connectivity index (χ1) is 7.16. The topological polar surface area (TPSA) is 83.6 Å². The zero-order valence-electron chi connectivity index (χ0n) is 8.60. The normalized spacial score (nSPS) is 8.87. The highest BCUT2D eigenvalue weighted by Crippen LogP contribution is 2.03. The Balaban J connectivity index is 0.000000423. The van der Waals surface area contributed by atoms with Crippen LogP contribution >= 0.6 is 0 Å². The molecule has 0 saturated heterocycles. The molecule has 0 aliphatic heterocycles. The third-order valence-electron chi connectivity index (χ3n) is 1.72. The maximum atomic E-state index is 8.78. The molecule has 0 aromatic heterocycles. The molecule has 4 N–H and O–H groups in total. The van der Waals surface area contributed by atoms with Crippen molar-refractivity contribution >= 4 is 6.09 Å². The smallest absolute Gasteiger partial charge is 0.402 e. The van der Waals surface area contributed by atoms with Gasteiger partial charge < -0.3 is 15.9 Å². The minimum Gasteiger partial charge on any atom is -0.465 e. The summed E-state index contributed by atoms with van der Waals surface area (Å²) in [5.74, 6) is 0. The molecule has 0 bridgehead atoms. The van der Waals surface area contributed by atoms with Gasteiger partial charge in [0.25, 0.3) is 0 Å². The highest BCUT2D eigenvalue weighted by Gasteiger charge is 1.89. The van der Waals surface area contributed by atoms with Gasteiger partial charge in [0.15, 0.2) is 0 Å². The molecule has 1 rings (SSSR count). The molecule has 1 aromatic rings. The van der Waals surface area contributed by atoms with Gasteiger partial charge in [-0.3, -0.25) is 0 Å². The zero-order valence-corrected chi connectivity index (χ0v) is 8.60. The van der Waals surface area contributed by atoms with Crippen molar-refractivity contribution in [3.63, 3.8) is 0 Å². The molecule has 1 amide bonds. The monoisotopic (exact) mass is 211 g/mol. The second kappa shape index (κ2) is 9.02. The fourth-order valence-corrected chi connectivity index (χ4v) is 1.09. The highest BCUT2D eigenvalue weighted by molar-refractivity contribution is 5.61. The molecule has 0 aliphatic carbocycles.